The van der Waals surface area contributed by atoms with E-state index in [4.69, 9.17) is 4.74 Å². The fraction of sp³-hybridized carbons (Fsp3) is 0.524. The van der Waals surface area contributed by atoms with E-state index in [0.717, 1.165) is 44.1 Å². The van der Waals surface area contributed by atoms with E-state index in [1.807, 2.05) is 29.2 Å². The molecule has 0 saturated carbocycles. The van der Waals surface area contributed by atoms with Gasteiger partial charge < -0.3 is 15.0 Å². The summed E-state index contributed by atoms with van der Waals surface area (Å²) in [6, 6.07) is 7.79. The second-order valence-corrected chi connectivity index (χ2v) is 7.72. The Morgan fingerprint density at radius 3 is 2.83 bits per heavy atom. The van der Waals surface area contributed by atoms with Gasteiger partial charge >= 0.3 is 0 Å². The third-order valence-electron chi connectivity index (χ3n) is 5.77. The van der Waals surface area contributed by atoms with Gasteiger partial charge in [-0.25, -0.2) is 9.67 Å². The van der Waals surface area contributed by atoms with Crippen molar-refractivity contribution in [2.75, 3.05) is 45.9 Å². The maximum absolute atomic E-state index is 12.8. The summed E-state index contributed by atoms with van der Waals surface area (Å²) in [7, 11) is 0. The molecule has 30 heavy (non-hydrogen) atoms. The lowest BCUT2D eigenvalue weighted by Crippen LogP contribution is -2.49. The highest BCUT2D eigenvalue weighted by Gasteiger charge is 2.30. The molecule has 2 fully saturated rings. The lowest BCUT2D eigenvalue weighted by molar-refractivity contribution is -0.138. The van der Waals surface area contributed by atoms with Crippen LogP contribution in [0.25, 0.3) is 5.69 Å². The molecule has 2 amide bonds. The summed E-state index contributed by atoms with van der Waals surface area (Å²) in [5, 5.41) is 7.22. The maximum atomic E-state index is 12.8. The van der Waals surface area contributed by atoms with Gasteiger partial charge in [-0.15, -0.1) is 0 Å². The number of hydrogen-bond acceptors (Lipinski definition) is 6. The quantitative estimate of drug-likeness (QED) is 0.710. The Labute approximate surface area is 176 Å². The molecule has 2 aliphatic rings. The Morgan fingerprint density at radius 1 is 1.20 bits per heavy atom. The zero-order valence-corrected chi connectivity index (χ0v) is 17.1. The molecule has 3 heterocycles. The van der Waals surface area contributed by atoms with Crippen molar-refractivity contribution in [3.05, 3.63) is 42.5 Å². The molecule has 2 saturated heterocycles. The summed E-state index contributed by atoms with van der Waals surface area (Å²) in [4.78, 5) is 33.3. The monoisotopic (exact) mass is 412 g/mol. The molecule has 4 rings (SSSR count). The molecule has 0 bridgehead atoms. The minimum atomic E-state index is -0.175. The van der Waals surface area contributed by atoms with E-state index in [1.54, 1.807) is 11.0 Å². The zero-order valence-electron chi connectivity index (χ0n) is 17.1. The Balaban J connectivity index is 1.31. The van der Waals surface area contributed by atoms with Crippen molar-refractivity contribution in [1.29, 1.82) is 0 Å². The molecule has 9 heteroatoms. The third-order valence-corrected chi connectivity index (χ3v) is 5.77. The number of morpholine rings is 1. The predicted octanol–water partition coefficient (Wildman–Crippen LogP) is 0.454. The Hall–Kier alpha value is -2.78. The van der Waals surface area contributed by atoms with Crippen molar-refractivity contribution in [3.8, 4) is 5.69 Å². The summed E-state index contributed by atoms with van der Waals surface area (Å²) in [5.74, 6) is -0.0398. The molecule has 1 N–H and O–H groups in total. The van der Waals surface area contributed by atoms with Crippen LogP contribution in [0.1, 0.15) is 18.4 Å². The second-order valence-electron chi connectivity index (χ2n) is 7.72. The van der Waals surface area contributed by atoms with Gasteiger partial charge in [0.05, 0.1) is 24.8 Å². The average Bonchev–Trinajstić information content (AvgIpc) is 3.32. The summed E-state index contributed by atoms with van der Waals surface area (Å²) >= 11 is 0. The fourth-order valence-electron chi connectivity index (χ4n) is 3.97. The van der Waals surface area contributed by atoms with Gasteiger partial charge in [0.2, 0.25) is 11.8 Å². The summed E-state index contributed by atoms with van der Waals surface area (Å²) < 4.78 is 7.06. The highest BCUT2D eigenvalue weighted by atomic mass is 16.5. The van der Waals surface area contributed by atoms with Crippen molar-refractivity contribution in [2.24, 2.45) is 5.92 Å². The lowest BCUT2D eigenvalue weighted by Gasteiger charge is -2.34. The number of benzene rings is 1. The number of likely N-dealkylation sites (tertiary alicyclic amines) is 1. The summed E-state index contributed by atoms with van der Waals surface area (Å²) in [6.07, 6.45) is 4.15. The van der Waals surface area contributed by atoms with Gasteiger partial charge in [-0.2, -0.15) is 5.10 Å². The Bertz CT molecular complexity index is 850. The molecule has 1 atom stereocenters. The van der Waals surface area contributed by atoms with Crippen LogP contribution in [-0.2, 0) is 20.9 Å². The van der Waals surface area contributed by atoms with E-state index in [-0.39, 0.29) is 17.7 Å². The van der Waals surface area contributed by atoms with Crippen molar-refractivity contribution >= 4 is 11.8 Å². The molecule has 2 aromatic rings. The third kappa shape index (κ3) is 5.03. The van der Waals surface area contributed by atoms with E-state index in [1.165, 1.54) is 6.33 Å². The van der Waals surface area contributed by atoms with Crippen molar-refractivity contribution in [3.63, 3.8) is 0 Å². The number of para-hydroxylation sites is 1. The first-order valence-electron chi connectivity index (χ1n) is 10.5. The van der Waals surface area contributed by atoms with Crippen LogP contribution in [0.3, 0.4) is 0 Å². The van der Waals surface area contributed by atoms with Crippen LogP contribution in [0.5, 0.6) is 0 Å². The summed E-state index contributed by atoms with van der Waals surface area (Å²) in [5.41, 5.74) is 1.86. The Kier molecular flexibility index (Phi) is 6.70. The van der Waals surface area contributed by atoms with Crippen molar-refractivity contribution in [2.45, 2.75) is 19.4 Å². The number of hydrogen-bond donors (Lipinski definition) is 1. The van der Waals surface area contributed by atoms with Crippen LogP contribution >= 0.6 is 0 Å². The molecule has 0 unspecified atom stereocenters. The van der Waals surface area contributed by atoms with Crippen molar-refractivity contribution in [1.82, 2.24) is 29.9 Å². The first kappa shape index (κ1) is 20.5. The number of rotatable bonds is 7. The standard InChI is InChI=1S/C21H28N6O3/c28-20-6-5-18(14-26(20)8-7-25-9-11-30-12-10-25)21(29)23-13-17-3-1-2-4-19(17)27-16-22-15-24-27/h1-4,15-16,18H,5-14H2,(H,23,29)/t18-/m0/s1. The Morgan fingerprint density at radius 2 is 2.03 bits per heavy atom. The summed E-state index contributed by atoms with van der Waals surface area (Å²) in [6.45, 7) is 5.68. The average molecular weight is 412 g/mol. The minimum Gasteiger partial charge on any atom is -0.379 e. The molecule has 2 aliphatic heterocycles. The first-order valence-corrected chi connectivity index (χ1v) is 10.5. The zero-order chi connectivity index (χ0) is 20.8. The number of piperidine rings is 1. The maximum Gasteiger partial charge on any atom is 0.225 e. The highest BCUT2D eigenvalue weighted by Crippen LogP contribution is 2.19. The smallest absolute Gasteiger partial charge is 0.225 e. The van der Waals surface area contributed by atoms with E-state index < -0.39 is 0 Å². The number of nitrogens with one attached hydrogen (secondary N) is 1. The molecule has 1 aromatic carbocycles. The number of aromatic nitrogens is 3. The van der Waals surface area contributed by atoms with Crippen LogP contribution in [-0.4, -0.2) is 82.3 Å². The molecular weight excluding hydrogens is 384 g/mol. The minimum absolute atomic E-state index is 0.00716. The van der Waals surface area contributed by atoms with Gasteiger partial charge in [0, 0.05) is 45.7 Å². The van der Waals surface area contributed by atoms with Gasteiger partial charge in [-0.3, -0.25) is 14.5 Å². The van der Waals surface area contributed by atoms with Gasteiger partial charge in [0.25, 0.3) is 0 Å². The van der Waals surface area contributed by atoms with Gasteiger partial charge in [-0.05, 0) is 18.1 Å². The van der Waals surface area contributed by atoms with E-state index >= 15 is 0 Å². The van der Waals surface area contributed by atoms with Crippen LogP contribution in [0.4, 0.5) is 0 Å². The van der Waals surface area contributed by atoms with Crippen LogP contribution in [0, 0.1) is 5.92 Å². The molecule has 0 aliphatic carbocycles. The highest BCUT2D eigenvalue weighted by molar-refractivity contribution is 5.83. The normalized spacial score (nSPS) is 20.3. The number of carbonyl (C=O) groups excluding carboxylic acids is 2. The van der Waals surface area contributed by atoms with E-state index in [0.29, 0.717) is 32.5 Å². The molecule has 160 valence electrons. The molecule has 0 spiro atoms. The fourth-order valence-corrected chi connectivity index (χ4v) is 3.97. The SMILES string of the molecule is O=C(NCc1ccccc1-n1cncn1)[C@H]1CCC(=O)N(CCN2CCOCC2)C1. The number of amides is 2. The molecular formula is C21H28N6O3. The first-order chi connectivity index (χ1) is 14.7. The predicted molar refractivity (Wildman–Crippen MR) is 110 cm³/mol. The molecule has 0 radical (unpaired) electrons. The molecule has 1 aromatic heterocycles. The number of carbonyl (C=O) groups is 2. The van der Waals surface area contributed by atoms with Crippen LogP contribution < -0.4 is 5.32 Å². The topological polar surface area (TPSA) is 92.6 Å². The van der Waals surface area contributed by atoms with Gasteiger partial charge in [0.1, 0.15) is 12.7 Å². The van der Waals surface area contributed by atoms with Gasteiger partial charge in [-0.1, -0.05) is 18.2 Å². The van der Waals surface area contributed by atoms with Crippen molar-refractivity contribution < 1.29 is 14.3 Å². The van der Waals surface area contributed by atoms with Crippen LogP contribution in [0.2, 0.25) is 0 Å². The van der Waals surface area contributed by atoms with Crippen LogP contribution in [0.15, 0.2) is 36.9 Å². The van der Waals surface area contributed by atoms with Gasteiger partial charge in [0.15, 0.2) is 0 Å². The van der Waals surface area contributed by atoms with E-state index in [9.17, 15) is 9.59 Å². The number of nitrogens with zero attached hydrogens (tertiary/aromatic N) is 5. The largest absolute Gasteiger partial charge is 0.379 e. The van der Waals surface area contributed by atoms with E-state index in [2.05, 4.69) is 20.3 Å². The number of ether oxygens (including phenoxy) is 1. The lowest BCUT2D eigenvalue weighted by atomic mass is 9.96. The second kappa shape index (κ2) is 9.82. The molecule has 9 nitrogen and oxygen atoms in total.